The summed E-state index contributed by atoms with van der Waals surface area (Å²) in [4.78, 5) is 0. The van der Waals surface area contributed by atoms with Crippen LogP contribution in [0.25, 0.3) is 0 Å². The summed E-state index contributed by atoms with van der Waals surface area (Å²) >= 11 is 12.7. The van der Waals surface area contributed by atoms with E-state index >= 15 is 0 Å². The minimum Gasteiger partial charge on any atom is -0.205 e. The predicted molar refractivity (Wildman–Crippen MR) is 85.0 cm³/mol. The van der Waals surface area contributed by atoms with Crippen LogP contribution in [0.2, 0.25) is 5.02 Å². The molecular weight excluding hydrogens is 294 g/mol. The minimum atomic E-state index is -0.334. The smallest absolute Gasteiger partial charge is 0.142 e. The Labute approximate surface area is 131 Å². The largest absolute Gasteiger partial charge is 0.205 e. The van der Waals surface area contributed by atoms with Crippen molar-refractivity contribution < 1.29 is 4.39 Å². The van der Waals surface area contributed by atoms with E-state index in [0.29, 0.717) is 11.8 Å². The quantitative estimate of drug-likeness (QED) is 0.592. The molecular formula is C17H23Cl2F. The van der Waals surface area contributed by atoms with Gasteiger partial charge in [0.15, 0.2) is 0 Å². The number of rotatable bonds is 3. The summed E-state index contributed by atoms with van der Waals surface area (Å²) in [6.07, 6.45) is 4.22. The molecule has 0 saturated heterocycles. The van der Waals surface area contributed by atoms with Gasteiger partial charge >= 0.3 is 0 Å². The zero-order chi connectivity index (χ0) is 14.9. The van der Waals surface area contributed by atoms with Gasteiger partial charge in [-0.05, 0) is 48.1 Å². The van der Waals surface area contributed by atoms with E-state index in [1.807, 2.05) is 6.07 Å². The lowest BCUT2D eigenvalue weighted by atomic mass is 9.66. The van der Waals surface area contributed by atoms with Crippen LogP contribution < -0.4 is 0 Å². The summed E-state index contributed by atoms with van der Waals surface area (Å²) in [5.41, 5.74) is 0.920. The zero-order valence-corrected chi connectivity index (χ0v) is 13.9. The molecule has 1 aliphatic carbocycles. The molecule has 1 aromatic rings. The van der Waals surface area contributed by atoms with Crippen molar-refractivity contribution in [1.82, 2.24) is 0 Å². The average Bonchev–Trinajstić information content (AvgIpc) is 2.34. The van der Waals surface area contributed by atoms with Crippen LogP contribution in [0.4, 0.5) is 4.39 Å². The van der Waals surface area contributed by atoms with Gasteiger partial charge in [-0.2, -0.15) is 0 Å². The van der Waals surface area contributed by atoms with Crippen molar-refractivity contribution in [3.63, 3.8) is 0 Å². The van der Waals surface area contributed by atoms with Crippen molar-refractivity contribution in [2.45, 2.75) is 51.8 Å². The van der Waals surface area contributed by atoms with E-state index in [1.54, 1.807) is 6.07 Å². The lowest BCUT2D eigenvalue weighted by molar-refractivity contribution is 0.142. The van der Waals surface area contributed by atoms with E-state index < -0.39 is 0 Å². The highest BCUT2D eigenvalue weighted by atomic mass is 35.5. The monoisotopic (exact) mass is 316 g/mol. The third-order valence-corrected chi connectivity index (χ3v) is 5.62. The third-order valence-electron chi connectivity index (χ3n) is 4.72. The van der Waals surface area contributed by atoms with Crippen LogP contribution in [0, 0.1) is 23.1 Å². The highest BCUT2D eigenvalue weighted by Gasteiger charge is 2.38. The van der Waals surface area contributed by atoms with E-state index in [1.165, 1.54) is 12.5 Å². The Morgan fingerprint density at radius 1 is 1.30 bits per heavy atom. The van der Waals surface area contributed by atoms with E-state index in [4.69, 9.17) is 23.2 Å². The molecule has 1 aliphatic rings. The summed E-state index contributed by atoms with van der Waals surface area (Å²) in [7, 11) is 0. The number of alkyl halides is 1. The maximum atomic E-state index is 13.6. The SMILES string of the molecule is CC1CCC(C(C)(C)Cc2cccc(F)c2Cl)C(Cl)C1. The topological polar surface area (TPSA) is 0 Å². The zero-order valence-electron chi connectivity index (χ0n) is 12.4. The Morgan fingerprint density at radius 2 is 2.00 bits per heavy atom. The normalized spacial score (nSPS) is 27.6. The fourth-order valence-electron chi connectivity index (χ4n) is 3.50. The second kappa shape index (κ2) is 6.23. The first-order valence-electron chi connectivity index (χ1n) is 7.38. The second-order valence-corrected chi connectivity index (χ2v) is 7.86. The predicted octanol–water partition coefficient (Wildman–Crippen LogP) is 6.09. The fourth-order valence-corrected chi connectivity index (χ4v) is 4.46. The molecule has 1 aromatic carbocycles. The molecule has 0 spiro atoms. The van der Waals surface area contributed by atoms with E-state index in [2.05, 4.69) is 20.8 Å². The Bertz CT molecular complexity index is 470. The maximum absolute atomic E-state index is 13.6. The molecule has 0 N–H and O–H groups in total. The highest BCUT2D eigenvalue weighted by Crippen LogP contribution is 2.45. The van der Waals surface area contributed by atoms with Crippen molar-refractivity contribution in [3.05, 3.63) is 34.6 Å². The summed E-state index contributed by atoms with van der Waals surface area (Å²) in [5, 5.41) is 0.469. The molecule has 0 bridgehead atoms. The standard InChI is InChI=1S/C17H23Cl2F/c1-11-7-8-13(14(18)9-11)17(2,3)10-12-5-4-6-15(20)16(12)19/h4-6,11,13-14H,7-10H2,1-3H3. The average molecular weight is 317 g/mol. The molecule has 3 atom stereocenters. The number of hydrogen-bond acceptors (Lipinski definition) is 0. The Kier molecular flexibility index (Phi) is 5.02. The molecule has 112 valence electrons. The molecule has 1 saturated carbocycles. The second-order valence-electron chi connectivity index (χ2n) is 6.92. The summed E-state index contributed by atoms with van der Waals surface area (Å²) in [5.74, 6) is 0.835. The number of halogens is 3. The molecule has 0 amide bonds. The molecule has 3 heteroatoms. The van der Waals surface area contributed by atoms with Crippen LogP contribution in [0.3, 0.4) is 0 Å². The molecule has 0 aromatic heterocycles. The number of benzene rings is 1. The van der Waals surface area contributed by atoms with Crippen LogP contribution in [-0.4, -0.2) is 5.38 Å². The minimum absolute atomic E-state index is 0.0317. The van der Waals surface area contributed by atoms with Gasteiger partial charge in [0.1, 0.15) is 5.82 Å². The lowest BCUT2D eigenvalue weighted by Gasteiger charge is -2.42. The van der Waals surface area contributed by atoms with E-state index in [9.17, 15) is 4.39 Å². The van der Waals surface area contributed by atoms with Crippen LogP contribution in [0.5, 0.6) is 0 Å². The molecule has 0 nitrogen and oxygen atoms in total. The van der Waals surface area contributed by atoms with Crippen LogP contribution >= 0.6 is 23.2 Å². The van der Waals surface area contributed by atoms with Crippen LogP contribution in [0.1, 0.15) is 45.6 Å². The van der Waals surface area contributed by atoms with Gasteiger partial charge in [-0.3, -0.25) is 0 Å². The molecule has 20 heavy (non-hydrogen) atoms. The van der Waals surface area contributed by atoms with Gasteiger partial charge in [-0.15, -0.1) is 11.6 Å². The Balaban J connectivity index is 2.16. The van der Waals surface area contributed by atoms with E-state index in [-0.39, 0.29) is 21.6 Å². The molecule has 1 fully saturated rings. The van der Waals surface area contributed by atoms with Crippen LogP contribution in [-0.2, 0) is 6.42 Å². The van der Waals surface area contributed by atoms with E-state index in [0.717, 1.165) is 24.8 Å². The summed E-state index contributed by atoms with van der Waals surface area (Å²) < 4.78 is 13.6. The van der Waals surface area contributed by atoms with Crippen molar-refractivity contribution in [2.75, 3.05) is 0 Å². The Hall–Kier alpha value is -0.270. The van der Waals surface area contributed by atoms with Gasteiger partial charge in [-0.1, -0.05) is 50.9 Å². The fraction of sp³-hybridized carbons (Fsp3) is 0.647. The molecule has 0 heterocycles. The van der Waals surface area contributed by atoms with Crippen molar-refractivity contribution in [1.29, 1.82) is 0 Å². The summed E-state index contributed by atoms with van der Waals surface area (Å²) in [6.45, 7) is 6.72. The molecule has 3 unspecified atom stereocenters. The van der Waals surface area contributed by atoms with Gasteiger partial charge < -0.3 is 0 Å². The first-order chi connectivity index (χ1) is 9.31. The van der Waals surface area contributed by atoms with Gasteiger partial charge in [0.2, 0.25) is 0 Å². The molecule has 0 aliphatic heterocycles. The van der Waals surface area contributed by atoms with Gasteiger partial charge in [0.25, 0.3) is 0 Å². The molecule has 2 rings (SSSR count). The lowest BCUT2D eigenvalue weighted by Crippen LogP contribution is -2.37. The first kappa shape index (κ1) is 16.1. The number of hydrogen-bond donors (Lipinski definition) is 0. The van der Waals surface area contributed by atoms with Crippen molar-refractivity contribution in [3.8, 4) is 0 Å². The maximum Gasteiger partial charge on any atom is 0.142 e. The highest BCUT2D eigenvalue weighted by molar-refractivity contribution is 6.31. The van der Waals surface area contributed by atoms with Crippen LogP contribution in [0.15, 0.2) is 18.2 Å². The van der Waals surface area contributed by atoms with Crippen molar-refractivity contribution >= 4 is 23.2 Å². The third kappa shape index (κ3) is 3.49. The summed E-state index contributed by atoms with van der Waals surface area (Å²) in [6, 6.07) is 5.06. The van der Waals surface area contributed by atoms with Crippen molar-refractivity contribution in [2.24, 2.45) is 17.3 Å². The van der Waals surface area contributed by atoms with Gasteiger partial charge in [-0.25, -0.2) is 4.39 Å². The first-order valence-corrected chi connectivity index (χ1v) is 8.19. The molecule has 0 radical (unpaired) electrons. The Morgan fingerprint density at radius 3 is 2.65 bits per heavy atom. The van der Waals surface area contributed by atoms with Gasteiger partial charge in [0.05, 0.1) is 5.02 Å². The van der Waals surface area contributed by atoms with Gasteiger partial charge in [0, 0.05) is 5.38 Å².